The molecule has 0 radical (unpaired) electrons. The van der Waals surface area contributed by atoms with E-state index in [0.717, 1.165) is 12.8 Å². The zero-order valence-corrected chi connectivity index (χ0v) is 18.4. The first-order chi connectivity index (χ1) is 14.9. The molecule has 0 aromatic heterocycles. The number of nitrogens with zero attached hydrogens (tertiary/aromatic N) is 1. The number of amides is 3. The number of hydrogen-bond donors (Lipinski definition) is 3. The Morgan fingerprint density at radius 1 is 1.10 bits per heavy atom. The van der Waals surface area contributed by atoms with E-state index in [0.29, 0.717) is 40.4 Å². The van der Waals surface area contributed by atoms with Crippen LogP contribution in [0.5, 0.6) is 0 Å². The summed E-state index contributed by atoms with van der Waals surface area (Å²) in [6, 6.07) is 11.9. The van der Waals surface area contributed by atoms with Gasteiger partial charge in [-0.1, -0.05) is 41.4 Å². The lowest BCUT2D eigenvalue weighted by atomic mass is 9.89. The minimum Gasteiger partial charge on any atom is -0.325 e. The molecule has 1 aliphatic rings. The topological polar surface area (TPSA) is 87.5 Å². The monoisotopic (exact) mass is 458 g/mol. The van der Waals surface area contributed by atoms with Crippen molar-refractivity contribution in [2.75, 3.05) is 23.7 Å². The van der Waals surface area contributed by atoms with Crippen LogP contribution in [-0.2, 0) is 4.79 Å². The number of para-hydroxylation sites is 1. The number of benzene rings is 2. The summed E-state index contributed by atoms with van der Waals surface area (Å²) in [6.07, 6.45) is 7.06. The lowest BCUT2D eigenvalue weighted by Gasteiger charge is -2.32. The van der Waals surface area contributed by atoms with Crippen molar-refractivity contribution >= 4 is 46.5 Å². The SMILES string of the molecule is C#CCC(N)C(=O)Nc1ccc(C2CCN(C(=O)Nc3c(Cl)cccc3Cl)CC2)cc1. The molecular weight excluding hydrogens is 435 g/mol. The van der Waals surface area contributed by atoms with Gasteiger partial charge in [0.25, 0.3) is 0 Å². The number of anilines is 2. The molecule has 0 aliphatic carbocycles. The maximum absolute atomic E-state index is 12.6. The van der Waals surface area contributed by atoms with Gasteiger partial charge in [-0.05, 0) is 48.6 Å². The summed E-state index contributed by atoms with van der Waals surface area (Å²) >= 11 is 12.3. The van der Waals surface area contributed by atoms with Gasteiger partial charge in [0.15, 0.2) is 0 Å². The molecule has 8 heteroatoms. The smallest absolute Gasteiger partial charge is 0.321 e. The Labute approximate surface area is 192 Å². The molecule has 162 valence electrons. The molecule has 4 N–H and O–H groups in total. The van der Waals surface area contributed by atoms with E-state index in [4.69, 9.17) is 35.4 Å². The molecule has 1 unspecified atom stereocenters. The average molecular weight is 459 g/mol. The number of terminal acetylenes is 1. The fraction of sp³-hybridized carbons (Fsp3) is 0.304. The fourth-order valence-electron chi connectivity index (χ4n) is 3.51. The number of hydrogen-bond acceptors (Lipinski definition) is 3. The molecule has 0 bridgehead atoms. The van der Waals surface area contributed by atoms with Crippen LogP contribution in [0.15, 0.2) is 42.5 Å². The van der Waals surface area contributed by atoms with Crippen molar-refractivity contribution < 1.29 is 9.59 Å². The second kappa shape index (κ2) is 10.5. The number of urea groups is 1. The van der Waals surface area contributed by atoms with Crippen LogP contribution < -0.4 is 16.4 Å². The van der Waals surface area contributed by atoms with Crippen molar-refractivity contribution in [2.45, 2.75) is 31.2 Å². The van der Waals surface area contributed by atoms with Crippen LogP contribution in [0.25, 0.3) is 0 Å². The Balaban J connectivity index is 1.53. The van der Waals surface area contributed by atoms with Gasteiger partial charge in [0, 0.05) is 25.2 Å². The summed E-state index contributed by atoms with van der Waals surface area (Å²) in [6.45, 7) is 1.25. The van der Waals surface area contributed by atoms with Gasteiger partial charge in [0.05, 0.1) is 21.8 Å². The van der Waals surface area contributed by atoms with E-state index >= 15 is 0 Å². The zero-order chi connectivity index (χ0) is 22.4. The van der Waals surface area contributed by atoms with Crippen LogP contribution in [0.2, 0.25) is 10.0 Å². The third kappa shape index (κ3) is 5.92. The average Bonchev–Trinajstić information content (AvgIpc) is 2.77. The van der Waals surface area contributed by atoms with Crippen molar-refractivity contribution in [1.29, 1.82) is 0 Å². The summed E-state index contributed by atoms with van der Waals surface area (Å²) in [4.78, 5) is 26.3. The minimum atomic E-state index is -0.721. The molecule has 0 saturated carbocycles. The van der Waals surface area contributed by atoms with E-state index in [9.17, 15) is 9.59 Å². The van der Waals surface area contributed by atoms with Gasteiger partial charge in [-0.2, -0.15) is 0 Å². The molecule has 1 aliphatic heterocycles. The van der Waals surface area contributed by atoms with E-state index in [2.05, 4.69) is 16.6 Å². The van der Waals surface area contributed by atoms with Crippen LogP contribution in [0, 0.1) is 12.3 Å². The molecule has 3 amide bonds. The summed E-state index contributed by atoms with van der Waals surface area (Å²) in [5.41, 5.74) is 7.99. The van der Waals surface area contributed by atoms with E-state index in [1.54, 1.807) is 23.1 Å². The van der Waals surface area contributed by atoms with Gasteiger partial charge in [-0.25, -0.2) is 4.79 Å². The van der Waals surface area contributed by atoms with Crippen LogP contribution in [0.1, 0.15) is 30.7 Å². The molecule has 31 heavy (non-hydrogen) atoms. The maximum atomic E-state index is 12.6. The second-order valence-corrected chi connectivity index (χ2v) is 8.23. The molecule has 1 fully saturated rings. The van der Waals surface area contributed by atoms with Gasteiger partial charge in [-0.15, -0.1) is 12.3 Å². The van der Waals surface area contributed by atoms with Gasteiger partial charge >= 0.3 is 6.03 Å². The quantitative estimate of drug-likeness (QED) is 0.567. The third-order valence-corrected chi connectivity index (χ3v) is 5.93. The number of carbonyl (C=O) groups excluding carboxylic acids is 2. The van der Waals surface area contributed by atoms with Crippen LogP contribution >= 0.6 is 23.2 Å². The highest BCUT2D eigenvalue weighted by atomic mass is 35.5. The van der Waals surface area contributed by atoms with Crippen LogP contribution in [-0.4, -0.2) is 36.0 Å². The van der Waals surface area contributed by atoms with E-state index in [-0.39, 0.29) is 18.4 Å². The first-order valence-corrected chi connectivity index (χ1v) is 10.7. The molecule has 0 spiro atoms. The second-order valence-electron chi connectivity index (χ2n) is 7.41. The summed E-state index contributed by atoms with van der Waals surface area (Å²) in [5, 5.41) is 6.39. The number of rotatable bonds is 5. The lowest BCUT2D eigenvalue weighted by Crippen LogP contribution is -2.40. The van der Waals surface area contributed by atoms with Gasteiger partial charge in [0.2, 0.25) is 5.91 Å². The standard InChI is InChI=1S/C23H24Cl2N4O2/c1-2-4-20(26)22(30)27-17-9-7-15(8-10-17)16-11-13-29(14-12-16)23(31)28-21-18(24)5-3-6-19(21)25/h1,3,5-10,16,20H,4,11-14,26H2,(H,27,30)(H,28,31). The van der Waals surface area contributed by atoms with E-state index in [1.807, 2.05) is 24.3 Å². The largest absolute Gasteiger partial charge is 0.325 e. The highest BCUT2D eigenvalue weighted by molar-refractivity contribution is 6.39. The van der Waals surface area contributed by atoms with Gasteiger partial charge < -0.3 is 21.3 Å². The number of piperidine rings is 1. The summed E-state index contributed by atoms with van der Waals surface area (Å²) in [7, 11) is 0. The van der Waals surface area contributed by atoms with E-state index in [1.165, 1.54) is 5.56 Å². The highest BCUT2D eigenvalue weighted by Gasteiger charge is 2.25. The normalized spacial score (nSPS) is 15.1. The highest BCUT2D eigenvalue weighted by Crippen LogP contribution is 2.32. The van der Waals surface area contributed by atoms with Crippen molar-refractivity contribution in [3.05, 3.63) is 58.1 Å². The molecule has 6 nitrogen and oxygen atoms in total. The molecule has 2 aromatic rings. The fourth-order valence-corrected chi connectivity index (χ4v) is 4.00. The lowest BCUT2D eigenvalue weighted by molar-refractivity contribution is -0.117. The molecule has 1 saturated heterocycles. The Morgan fingerprint density at radius 3 is 2.29 bits per heavy atom. The molecule has 1 atom stereocenters. The van der Waals surface area contributed by atoms with Crippen molar-refractivity contribution in [3.63, 3.8) is 0 Å². The molecule has 1 heterocycles. The van der Waals surface area contributed by atoms with Gasteiger partial charge in [-0.3, -0.25) is 4.79 Å². The zero-order valence-electron chi connectivity index (χ0n) is 16.9. The summed E-state index contributed by atoms with van der Waals surface area (Å²) < 4.78 is 0. The van der Waals surface area contributed by atoms with Crippen molar-refractivity contribution in [3.8, 4) is 12.3 Å². The Bertz CT molecular complexity index is 960. The predicted octanol–water partition coefficient (Wildman–Crippen LogP) is 4.69. The molecule has 2 aromatic carbocycles. The number of likely N-dealkylation sites (tertiary alicyclic amines) is 1. The minimum absolute atomic E-state index is 0.193. The number of nitrogens with one attached hydrogen (secondary N) is 2. The maximum Gasteiger partial charge on any atom is 0.321 e. The Morgan fingerprint density at radius 2 is 1.71 bits per heavy atom. The summed E-state index contributed by atoms with van der Waals surface area (Å²) in [5.74, 6) is 2.42. The van der Waals surface area contributed by atoms with Crippen LogP contribution in [0.3, 0.4) is 0 Å². The predicted molar refractivity (Wildman–Crippen MR) is 126 cm³/mol. The molecular formula is C23H24Cl2N4O2. The third-order valence-electron chi connectivity index (χ3n) is 5.30. The Hall–Kier alpha value is -2.72. The Kier molecular flexibility index (Phi) is 7.80. The first-order valence-electron chi connectivity index (χ1n) is 9.99. The van der Waals surface area contributed by atoms with Crippen molar-refractivity contribution in [2.24, 2.45) is 5.73 Å². The van der Waals surface area contributed by atoms with Crippen LogP contribution in [0.4, 0.5) is 16.2 Å². The van der Waals surface area contributed by atoms with E-state index < -0.39 is 6.04 Å². The number of nitrogens with two attached hydrogens (primary N) is 1. The first kappa shape index (κ1) is 23.0. The number of carbonyl (C=O) groups is 2. The number of halogens is 2. The molecule has 3 rings (SSSR count). The van der Waals surface area contributed by atoms with Crippen molar-refractivity contribution in [1.82, 2.24) is 4.90 Å². The van der Waals surface area contributed by atoms with Gasteiger partial charge in [0.1, 0.15) is 0 Å².